The average molecular weight is 559 g/mol. The Labute approximate surface area is 224 Å². The van der Waals surface area contributed by atoms with Crippen LogP contribution in [0, 0.1) is 17.5 Å². The van der Waals surface area contributed by atoms with Crippen molar-refractivity contribution in [2.45, 2.75) is 65.8 Å². The van der Waals surface area contributed by atoms with E-state index in [-0.39, 0.29) is 43.5 Å². The lowest BCUT2D eigenvalue weighted by Crippen LogP contribution is -2.19. The first-order chi connectivity index (χ1) is 16.9. The summed E-state index contributed by atoms with van der Waals surface area (Å²) in [4.78, 5) is 0. The molecule has 11 heteroatoms. The van der Waals surface area contributed by atoms with Crippen molar-refractivity contribution in [3.63, 3.8) is 0 Å². The molecule has 0 bridgehead atoms. The maximum absolute atomic E-state index is 13.7. The molecule has 6 rings (SSSR count). The molecule has 2 aliphatic rings. The molecule has 2 aromatic heterocycles. The van der Waals surface area contributed by atoms with E-state index in [4.69, 9.17) is 32.7 Å². The van der Waals surface area contributed by atoms with Crippen molar-refractivity contribution < 1.29 is 22.6 Å². The van der Waals surface area contributed by atoms with Gasteiger partial charge in [-0.3, -0.25) is 0 Å². The molecule has 2 atom stereocenters. The molecule has 0 aliphatic carbocycles. The smallest absolute Gasteiger partial charge is 0.178 e. The highest BCUT2D eigenvalue weighted by atomic mass is 35.5. The van der Waals surface area contributed by atoms with Crippen molar-refractivity contribution in [3.05, 3.63) is 58.1 Å². The van der Waals surface area contributed by atoms with Gasteiger partial charge in [-0.05, 0) is 56.7 Å². The zero-order valence-corrected chi connectivity index (χ0v) is 20.2. The zero-order chi connectivity index (χ0) is 24.5. The van der Waals surface area contributed by atoms with Crippen molar-refractivity contribution in [2.75, 3.05) is 13.2 Å². The SMILES string of the molecule is C.C.Fc1c(Cl)cc2c(cnn2C2CCCCO2)c1F.Fc1cc(Cl)cc2c1cnn2C1CCCCO1. The highest BCUT2D eigenvalue weighted by Crippen LogP contribution is 2.31. The van der Waals surface area contributed by atoms with Gasteiger partial charge in [0.2, 0.25) is 0 Å². The summed E-state index contributed by atoms with van der Waals surface area (Å²) in [6.45, 7) is 1.39. The van der Waals surface area contributed by atoms with Gasteiger partial charge in [0.15, 0.2) is 24.1 Å². The molecule has 0 saturated carbocycles. The van der Waals surface area contributed by atoms with Crippen LogP contribution < -0.4 is 0 Å². The maximum Gasteiger partial charge on any atom is 0.178 e. The van der Waals surface area contributed by atoms with Gasteiger partial charge >= 0.3 is 0 Å². The third-order valence-corrected chi connectivity index (χ3v) is 6.72. The minimum absolute atomic E-state index is 0. The summed E-state index contributed by atoms with van der Waals surface area (Å²) in [5.74, 6) is -2.33. The van der Waals surface area contributed by atoms with E-state index in [9.17, 15) is 13.2 Å². The quantitative estimate of drug-likeness (QED) is 0.231. The Bertz CT molecular complexity index is 1350. The lowest BCUT2D eigenvalue weighted by Gasteiger charge is -2.23. The molecule has 37 heavy (non-hydrogen) atoms. The van der Waals surface area contributed by atoms with Crippen molar-refractivity contribution in [1.82, 2.24) is 19.6 Å². The second kappa shape index (κ2) is 12.5. The lowest BCUT2D eigenvalue weighted by molar-refractivity contribution is -0.0367. The molecule has 6 nitrogen and oxygen atoms in total. The van der Waals surface area contributed by atoms with E-state index in [1.54, 1.807) is 15.4 Å². The second-order valence-corrected chi connectivity index (χ2v) is 9.40. The first-order valence-corrected chi connectivity index (χ1v) is 12.3. The monoisotopic (exact) mass is 558 g/mol. The van der Waals surface area contributed by atoms with Crippen molar-refractivity contribution in [3.8, 4) is 0 Å². The van der Waals surface area contributed by atoms with Gasteiger partial charge in [0.05, 0.1) is 39.2 Å². The van der Waals surface area contributed by atoms with Crippen LogP contribution in [0.1, 0.15) is 65.8 Å². The first kappa shape index (κ1) is 29.2. The third kappa shape index (κ3) is 5.90. The number of benzene rings is 2. The van der Waals surface area contributed by atoms with E-state index in [1.165, 1.54) is 24.5 Å². The fraction of sp³-hybridized carbons (Fsp3) is 0.462. The predicted molar refractivity (Wildman–Crippen MR) is 141 cm³/mol. The van der Waals surface area contributed by atoms with Gasteiger partial charge in [0, 0.05) is 18.2 Å². The summed E-state index contributed by atoms with van der Waals surface area (Å²) in [6, 6.07) is 4.42. The van der Waals surface area contributed by atoms with Crippen LogP contribution in [-0.2, 0) is 9.47 Å². The van der Waals surface area contributed by atoms with Crippen LogP contribution in [0.3, 0.4) is 0 Å². The molecule has 0 spiro atoms. The van der Waals surface area contributed by atoms with Crippen molar-refractivity contribution >= 4 is 45.0 Å². The minimum Gasteiger partial charge on any atom is -0.356 e. The van der Waals surface area contributed by atoms with Crippen LogP contribution in [0.25, 0.3) is 21.8 Å². The van der Waals surface area contributed by atoms with Crippen LogP contribution in [0.5, 0.6) is 0 Å². The number of nitrogens with zero attached hydrogens (tertiary/aromatic N) is 4. The summed E-state index contributed by atoms with van der Waals surface area (Å²) in [6.07, 6.45) is 8.46. The fourth-order valence-corrected chi connectivity index (χ4v) is 4.84. The van der Waals surface area contributed by atoms with Gasteiger partial charge in [-0.25, -0.2) is 22.5 Å². The largest absolute Gasteiger partial charge is 0.356 e. The van der Waals surface area contributed by atoms with Gasteiger partial charge in [-0.2, -0.15) is 10.2 Å². The van der Waals surface area contributed by atoms with E-state index in [2.05, 4.69) is 10.2 Å². The van der Waals surface area contributed by atoms with E-state index in [1.807, 2.05) is 0 Å². The van der Waals surface area contributed by atoms with Gasteiger partial charge in [0.1, 0.15) is 5.82 Å². The average Bonchev–Trinajstić information content (AvgIpc) is 3.49. The maximum atomic E-state index is 13.7. The number of fused-ring (bicyclic) bond motifs is 2. The van der Waals surface area contributed by atoms with Crippen LogP contribution in [0.4, 0.5) is 13.2 Å². The van der Waals surface area contributed by atoms with Gasteiger partial charge in [0.25, 0.3) is 0 Å². The zero-order valence-electron chi connectivity index (χ0n) is 18.7. The number of aromatic nitrogens is 4. The number of ether oxygens (including phenoxy) is 2. The molecule has 4 aromatic rings. The molecule has 0 radical (unpaired) electrons. The van der Waals surface area contributed by atoms with Gasteiger partial charge in [-0.15, -0.1) is 0 Å². The molecule has 4 heterocycles. The number of hydrogen-bond acceptors (Lipinski definition) is 4. The topological polar surface area (TPSA) is 54.1 Å². The molecule has 2 aliphatic heterocycles. The predicted octanol–water partition coefficient (Wildman–Crippen LogP) is 8.47. The second-order valence-electron chi connectivity index (χ2n) is 8.56. The summed E-state index contributed by atoms with van der Waals surface area (Å²) in [5, 5.41) is 9.07. The van der Waals surface area contributed by atoms with E-state index in [0.29, 0.717) is 28.0 Å². The Morgan fingerprint density at radius 3 is 1.81 bits per heavy atom. The highest BCUT2D eigenvalue weighted by molar-refractivity contribution is 6.31. The summed E-state index contributed by atoms with van der Waals surface area (Å²) < 4.78 is 55.2. The number of rotatable bonds is 2. The number of halogens is 5. The molecule has 0 N–H and O–H groups in total. The Hall–Kier alpha value is -2.33. The minimum atomic E-state index is -1.03. The summed E-state index contributed by atoms with van der Waals surface area (Å²) in [7, 11) is 0. The molecule has 2 unspecified atom stereocenters. The Morgan fingerprint density at radius 2 is 1.27 bits per heavy atom. The molecule has 2 fully saturated rings. The standard InChI is InChI=1S/C12H11ClF2N2O.C12H12ClFN2O.2CH4/c13-8-5-9-7(11(14)12(8)15)6-16-17(9)10-3-1-2-4-18-10;13-8-5-10(14)9-7-15-16(11(9)6-8)12-3-1-2-4-17-12;;/h5-6,10H,1-4H2;5-7,12H,1-4H2;2*1H4. The highest BCUT2D eigenvalue weighted by Gasteiger charge is 2.22. The molecule has 202 valence electrons. The molecule has 2 aromatic carbocycles. The molecular weight excluding hydrogens is 528 g/mol. The Kier molecular flexibility index (Phi) is 9.86. The van der Waals surface area contributed by atoms with Crippen molar-refractivity contribution in [2.24, 2.45) is 0 Å². The normalized spacial score (nSPS) is 19.6. The van der Waals surface area contributed by atoms with Crippen LogP contribution in [-0.4, -0.2) is 32.8 Å². The third-order valence-electron chi connectivity index (χ3n) is 6.22. The summed E-state index contributed by atoms with van der Waals surface area (Å²) in [5.41, 5.74) is 1.16. The Balaban J connectivity index is 0.000000195. The fourth-order valence-electron chi connectivity index (χ4n) is 4.45. The first-order valence-electron chi connectivity index (χ1n) is 11.5. The molecule has 2 saturated heterocycles. The summed E-state index contributed by atoms with van der Waals surface area (Å²) >= 11 is 11.5. The molecular formula is C26H31Cl2F3N4O2. The van der Waals surface area contributed by atoms with Gasteiger partial charge < -0.3 is 9.47 Å². The molecule has 0 amide bonds. The number of hydrogen-bond donors (Lipinski definition) is 0. The van der Waals surface area contributed by atoms with Crippen LogP contribution in [0.15, 0.2) is 30.6 Å². The van der Waals surface area contributed by atoms with E-state index in [0.717, 1.165) is 45.1 Å². The Morgan fingerprint density at radius 1 is 0.730 bits per heavy atom. The van der Waals surface area contributed by atoms with E-state index < -0.39 is 11.6 Å². The van der Waals surface area contributed by atoms with Gasteiger partial charge in [-0.1, -0.05) is 38.1 Å². The van der Waals surface area contributed by atoms with Crippen LogP contribution in [0.2, 0.25) is 10.0 Å². The van der Waals surface area contributed by atoms with Crippen molar-refractivity contribution in [1.29, 1.82) is 0 Å². The lowest BCUT2D eigenvalue weighted by atomic mass is 10.2. The van der Waals surface area contributed by atoms with E-state index >= 15 is 0 Å². The van der Waals surface area contributed by atoms with Crippen LogP contribution >= 0.6 is 23.2 Å².